The van der Waals surface area contributed by atoms with E-state index in [1.807, 2.05) is 60.7 Å². The molecule has 0 atom stereocenters. The fraction of sp³-hybridized carbons (Fsp3) is 0. The lowest BCUT2D eigenvalue weighted by atomic mass is 10.0. The molecule has 0 fully saturated rings. The number of fused-ring (bicyclic) bond motifs is 2. The van der Waals surface area contributed by atoms with Gasteiger partial charge in [0.15, 0.2) is 0 Å². The van der Waals surface area contributed by atoms with Gasteiger partial charge in [0.05, 0.1) is 11.8 Å². The summed E-state index contributed by atoms with van der Waals surface area (Å²) in [7, 11) is 0. The number of benzene rings is 5. The zero-order chi connectivity index (χ0) is 26.5. The van der Waals surface area contributed by atoms with E-state index in [0.717, 1.165) is 21.5 Å². The number of halogens is 1. The SMILES string of the molecule is O=C(NN=Cc1c(OC(=O)c2ccc(Cl)cc2)ccc2ccccc12)C(=O)Nc1cccc2ccccc12. The topological polar surface area (TPSA) is 96.9 Å². The predicted molar refractivity (Wildman–Crippen MR) is 149 cm³/mol. The highest BCUT2D eigenvalue weighted by atomic mass is 35.5. The molecule has 5 aromatic carbocycles. The van der Waals surface area contributed by atoms with Gasteiger partial charge in [-0.3, -0.25) is 9.59 Å². The molecule has 38 heavy (non-hydrogen) atoms. The van der Waals surface area contributed by atoms with Crippen LogP contribution in [0.2, 0.25) is 5.02 Å². The van der Waals surface area contributed by atoms with Crippen molar-refractivity contribution in [1.29, 1.82) is 0 Å². The van der Waals surface area contributed by atoms with Crippen LogP contribution in [0.15, 0.2) is 108 Å². The highest BCUT2D eigenvalue weighted by Crippen LogP contribution is 2.28. The third-order valence-corrected chi connectivity index (χ3v) is 6.07. The average molecular weight is 522 g/mol. The number of nitrogens with zero attached hydrogens (tertiary/aromatic N) is 1. The lowest BCUT2D eigenvalue weighted by molar-refractivity contribution is -0.136. The van der Waals surface area contributed by atoms with Gasteiger partial charge in [0.1, 0.15) is 5.75 Å². The van der Waals surface area contributed by atoms with E-state index >= 15 is 0 Å². The zero-order valence-electron chi connectivity index (χ0n) is 19.9. The molecule has 0 bridgehead atoms. The molecule has 0 aromatic heterocycles. The second-order valence-electron chi connectivity index (χ2n) is 8.27. The average Bonchev–Trinajstić information content (AvgIpc) is 2.94. The van der Waals surface area contributed by atoms with E-state index in [-0.39, 0.29) is 5.75 Å². The standard InChI is InChI=1S/C30H20ClN3O4/c31-22-15-12-21(13-16-22)30(37)38-27-17-14-20-7-1-3-9-23(20)25(27)18-32-34-29(36)28(35)33-26-11-5-8-19-6-2-4-10-24(19)26/h1-18H,(H,33,35)(H,34,36). The third kappa shape index (κ3) is 5.38. The molecular formula is C30H20ClN3O4. The second-order valence-corrected chi connectivity index (χ2v) is 8.71. The monoisotopic (exact) mass is 521 g/mol. The Labute approximate surface area is 222 Å². The van der Waals surface area contributed by atoms with Crippen molar-refractivity contribution in [2.45, 2.75) is 0 Å². The molecule has 2 amide bonds. The van der Waals surface area contributed by atoms with Crippen LogP contribution in [0, 0.1) is 0 Å². The Morgan fingerprint density at radius 3 is 2.13 bits per heavy atom. The van der Waals surface area contributed by atoms with Crippen molar-refractivity contribution in [1.82, 2.24) is 5.43 Å². The fourth-order valence-corrected chi connectivity index (χ4v) is 4.09. The molecule has 2 N–H and O–H groups in total. The van der Waals surface area contributed by atoms with Crippen molar-refractivity contribution in [2.24, 2.45) is 5.10 Å². The molecule has 0 aliphatic carbocycles. The molecule has 0 spiro atoms. The predicted octanol–water partition coefficient (Wildman–Crippen LogP) is 5.95. The minimum Gasteiger partial charge on any atom is -0.422 e. The van der Waals surface area contributed by atoms with Crippen molar-refractivity contribution in [2.75, 3.05) is 5.32 Å². The number of esters is 1. The maximum atomic E-state index is 12.7. The first-order chi connectivity index (χ1) is 18.5. The number of ether oxygens (including phenoxy) is 1. The molecule has 0 heterocycles. The van der Waals surface area contributed by atoms with E-state index in [0.29, 0.717) is 21.8 Å². The molecule has 0 unspecified atom stereocenters. The summed E-state index contributed by atoms with van der Waals surface area (Å²) in [5.41, 5.74) is 3.54. The van der Waals surface area contributed by atoms with Crippen LogP contribution < -0.4 is 15.5 Å². The molecule has 0 radical (unpaired) electrons. The second kappa shape index (κ2) is 10.9. The van der Waals surface area contributed by atoms with Gasteiger partial charge in [0.2, 0.25) is 0 Å². The normalized spacial score (nSPS) is 11.0. The van der Waals surface area contributed by atoms with Gasteiger partial charge in [-0.1, -0.05) is 78.3 Å². The summed E-state index contributed by atoms with van der Waals surface area (Å²) in [5, 5.41) is 10.5. The highest BCUT2D eigenvalue weighted by Gasteiger charge is 2.16. The van der Waals surface area contributed by atoms with Gasteiger partial charge in [-0.2, -0.15) is 5.10 Å². The van der Waals surface area contributed by atoms with Gasteiger partial charge >= 0.3 is 17.8 Å². The van der Waals surface area contributed by atoms with Gasteiger partial charge in [-0.05, 0) is 52.6 Å². The van der Waals surface area contributed by atoms with Crippen molar-refractivity contribution in [3.8, 4) is 5.75 Å². The zero-order valence-corrected chi connectivity index (χ0v) is 20.6. The van der Waals surface area contributed by atoms with E-state index in [2.05, 4.69) is 15.8 Å². The van der Waals surface area contributed by atoms with Crippen LogP contribution >= 0.6 is 11.6 Å². The van der Waals surface area contributed by atoms with Gasteiger partial charge in [-0.25, -0.2) is 10.2 Å². The molecule has 8 heteroatoms. The smallest absolute Gasteiger partial charge is 0.343 e. The molecule has 5 rings (SSSR count). The number of carbonyl (C=O) groups excluding carboxylic acids is 3. The summed E-state index contributed by atoms with van der Waals surface area (Å²) in [4.78, 5) is 37.7. The van der Waals surface area contributed by atoms with E-state index in [1.165, 1.54) is 6.21 Å². The van der Waals surface area contributed by atoms with Gasteiger partial charge in [0.25, 0.3) is 0 Å². The first-order valence-corrected chi connectivity index (χ1v) is 12.0. The molecule has 0 aliphatic rings. The van der Waals surface area contributed by atoms with Crippen LogP contribution in [-0.2, 0) is 9.59 Å². The number of hydrazone groups is 1. The lowest BCUT2D eigenvalue weighted by Crippen LogP contribution is -2.32. The van der Waals surface area contributed by atoms with E-state index < -0.39 is 17.8 Å². The lowest BCUT2D eigenvalue weighted by Gasteiger charge is -2.11. The van der Waals surface area contributed by atoms with Crippen molar-refractivity contribution in [3.63, 3.8) is 0 Å². The van der Waals surface area contributed by atoms with Crippen LogP contribution in [0.3, 0.4) is 0 Å². The number of nitrogens with one attached hydrogen (secondary N) is 2. The molecule has 0 saturated carbocycles. The van der Waals surface area contributed by atoms with Crippen molar-refractivity contribution >= 4 is 62.8 Å². The number of hydrogen-bond acceptors (Lipinski definition) is 5. The summed E-state index contributed by atoms with van der Waals surface area (Å²) in [6.07, 6.45) is 1.34. The Kier molecular flexibility index (Phi) is 7.10. The largest absolute Gasteiger partial charge is 0.422 e. The van der Waals surface area contributed by atoms with E-state index in [4.69, 9.17) is 16.3 Å². The Morgan fingerprint density at radius 1 is 0.711 bits per heavy atom. The molecule has 0 saturated heterocycles. The van der Waals surface area contributed by atoms with Crippen LogP contribution in [-0.4, -0.2) is 24.0 Å². The van der Waals surface area contributed by atoms with E-state index in [9.17, 15) is 14.4 Å². The Bertz CT molecular complexity index is 1710. The Morgan fingerprint density at radius 2 is 1.37 bits per heavy atom. The van der Waals surface area contributed by atoms with Crippen LogP contribution in [0.1, 0.15) is 15.9 Å². The van der Waals surface area contributed by atoms with E-state index in [1.54, 1.807) is 42.5 Å². The van der Waals surface area contributed by atoms with Gasteiger partial charge in [-0.15, -0.1) is 0 Å². The summed E-state index contributed by atoms with van der Waals surface area (Å²) in [6, 6.07) is 30.2. The summed E-state index contributed by atoms with van der Waals surface area (Å²) >= 11 is 5.91. The first-order valence-electron chi connectivity index (χ1n) is 11.6. The number of rotatable bonds is 5. The minimum atomic E-state index is -0.950. The molecular weight excluding hydrogens is 502 g/mol. The quantitative estimate of drug-likeness (QED) is 0.0981. The van der Waals surface area contributed by atoms with Crippen LogP contribution in [0.5, 0.6) is 5.75 Å². The highest BCUT2D eigenvalue weighted by molar-refractivity contribution is 6.40. The Balaban J connectivity index is 1.35. The van der Waals surface area contributed by atoms with Crippen molar-refractivity contribution < 1.29 is 19.1 Å². The minimum absolute atomic E-state index is 0.238. The summed E-state index contributed by atoms with van der Waals surface area (Å²) in [6.45, 7) is 0. The molecule has 186 valence electrons. The first kappa shape index (κ1) is 24.7. The van der Waals surface area contributed by atoms with Crippen LogP contribution in [0.25, 0.3) is 21.5 Å². The summed E-state index contributed by atoms with van der Waals surface area (Å²) in [5.74, 6) is -2.16. The van der Waals surface area contributed by atoms with Crippen LogP contribution in [0.4, 0.5) is 5.69 Å². The number of amides is 2. The van der Waals surface area contributed by atoms with Gasteiger partial charge < -0.3 is 10.1 Å². The Hall–Kier alpha value is -5.01. The molecule has 0 aliphatic heterocycles. The third-order valence-electron chi connectivity index (χ3n) is 5.82. The number of anilines is 1. The molecule has 5 aromatic rings. The van der Waals surface area contributed by atoms with Crippen molar-refractivity contribution in [3.05, 3.63) is 119 Å². The molecule has 7 nitrogen and oxygen atoms in total. The maximum absolute atomic E-state index is 12.7. The number of hydrogen-bond donors (Lipinski definition) is 2. The maximum Gasteiger partial charge on any atom is 0.343 e. The summed E-state index contributed by atoms with van der Waals surface area (Å²) < 4.78 is 5.64. The van der Waals surface area contributed by atoms with Gasteiger partial charge in [0, 0.05) is 21.7 Å². The number of carbonyl (C=O) groups is 3. The fourth-order valence-electron chi connectivity index (χ4n) is 3.96.